The first-order chi connectivity index (χ1) is 9.08. The summed E-state index contributed by atoms with van der Waals surface area (Å²) in [7, 11) is 0. The summed E-state index contributed by atoms with van der Waals surface area (Å²) in [6.07, 6.45) is 7.82. The van der Waals surface area contributed by atoms with Crippen LogP contribution in [0.5, 0.6) is 0 Å². The molecule has 4 nitrogen and oxygen atoms in total. The number of aliphatic hydroxyl groups excluding tert-OH is 1. The molecule has 4 N–H and O–H groups in total. The van der Waals surface area contributed by atoms with E-state index >= 15 is 0 Å². The molecule has 5 unspecified atom stereocenters. The summed E-state index contributed by atoms with van der Waals surface area (Å²) < 4.78 is 0. The van der Waals surface area contributed by atoms with Crippen LogP contribution in [0.1, 0.15) is 58.3 Å². The monoisotopic (exact) mass is 268 g/mol. The third-order valence-electron chi connectivity index (χ3n) is 4.93. The fraction of sp³-hybridized carbons (Fsp3) is 0.933. The summed E-state index contributed by atoms with van der Waals surface area (Å²) in [4.78, 5) is 12.3. The molecule has 0 saturated heterocycles. The maximum atomic E-state index is 12.3. The molecule has 4 heteroatoms. The quantitative estimate of drug-likeness (QED) is 0.727. The van der Waals surface area contributed by atoms with E-state index in [9.17, 15) is 9.90 Å². The van der Waals surface area contributed by atoms with Crippen molar-refractivity contribution in [3.63, 3.8) is 0 Å². The highest BCUT2D eigenvalue weighted by molar-refractivity contribution is 5.79. The average molecular weight is 268 g/mol. The molecule has 2 aliphatic carbocycles. The number of aliphatic hydroxyl groups is 1. The van der Waals surface area contributed by atoms with Gasteiger partial charge in [0.2, 0.25) is 5.91 Å². The number of carbonyl (C=O) groups is 1. The van der Waals surface area contributed by atoms with Gasteiger partial charge in [-0.3, -0.25) is 4.79 Å². The maximum absolute atomic E-state index is 12.3. The van der Waals surface area contributed by atoms with Crippen LogP contribution in [0, 0.1) is 11.8 Å². The third-order valence-corrected chi connectivity index (χ3v) is 4.93. The van der Waals surface area contributed by atoms with Gasteiger partial charge in [-0.2, -0.15) is 0 Å². The van der Waals surface area contributed by atoms with E-state index in [1.165, 1.54) is 0 Å². The van der Waals surface area contributed by atoms with Gasteiger partial charge in [0.05, 0.1) is 12.1 Å². The van der Waals surface area contributed by atoms with Gasteiger partial charge in [0.1, 0.15) is 0 Å². The molecule has 0 bridgehead atoms. The molecule has 2 fully saturated rings. The van der Waals surface area contributed by atoms with Crippen molar-refractivity contribution in [1.82, 2.24) is 5.32 Å². The fourth-order valence-corrected chi connectivity index (χ4v) is 3.53. The number of hydrogen-bond acceptors (Lipinski definition) is 3. The molecule has 0 heterocycles. The van der Waals surface area contributed by atoms with E-state index < -0.39 is 0 Å². The standard InChI is InChI=1S/C15H28N2O2/c1-10(11-5-4-6-12(16)9-11)15(19)17-13-7-2-3-8-14(13)18/h10-14,18H,2-9,16H2,1H3,(H,17,19). The zero-order valence-corrected chi connectivity index (χ0v) is 12.0. The summed E-state index contributed by atoms with van der Waals surface area (Å²) in [5.74, 6) is 0.523. The van der Waals surface area contributed by atoms with Crippen LogP contribution >= 0.6 is 0 Å². The van der Waals surface area contributed by atoms with E-state index in [0.29, 0.717) is 5.92 Å². The Hall–Kier alpha value is -0.610. The minimum absolute atomic E-state index is 0.0143. The van der Waals surface area contributed by atoms with Crippen molar-refractivity contribution in [1.29, 1.82) is 0 Å². The molecular formula is C15H28N2O2. The molecule has 110 valence electrons. The Bertz CT molecular complexity index is 309. The van der Waals surface area contributed by atoms with Crippen molar-refractivity contribution < 1.29 is 9.90 Å². The van der Waals surface area contributed by atoms with E-state index in [2.05, 4.69) is 5.32 Å². The van der Waals surface area contributed by atoms with Gasteiger partial charge >= 0.3 is 0 Å². The molecular weight excluding hydrogens is 240 g/mol. The molecule has 2 saturated carbocycles. The van der Waals surface area contributed by atoms with Crippen LogP contribution in [0.15, 0.2) is 0 Å². The molecule has 19 heavy (non-hydrogen) atoms. The van der Waals surface area contributed by atoms with Crippen LogP contribution in [0.25, 0.3) is 0 Å². The lowest BCUT2D eigenvalue weighted by atomic mass is 9.78. The van der Waals surface area contributed by atoms with Crippen LogP contribution in [0.3, 0.4) is 0 Å². The Kier molecular flexibility index (Phi) is 5.22. The van der Waals surface area contributed by atoms with Gasteiger partial charge in [0, 0.05) is 12.0 Å². The van der Waals surface area contributed by atoms with Crippen molar-refractivity contribution in [2.45, 2.75) is 76.5 Å². The molecule has 5 atom stereocenters. The largest absolute Gasteiger partial charge is 0.391 e. The summed E-state index contributed by atoms with van der Waals surface area (Å²) >= 11 is 0. The molecule has 0 radical (unpaired) electrons. The number of rotatable bonds is 3. The Labute approximate surface area is 116 Å². The minimum Gasteiger partial charge on any atom is -0.391 e. The maximum Gasteiger partial charge on any atom is 0.223 e. The van der Waals surface area contributed by atoms with Crippen molar-refractivity contribution in [3.8, 4) is 0 Å². The van der Waals surface area contributed by atoms with E-state index in [4.69, 9.17) is 5.73 Å². The summed E-state index contributed by atoms with van der Waals surface area (Å²) in [6, 6.07) is 0.218. The van der Waals surface area contributed by atoms with Crippen LogP contribution in [-0.2, 0) is 4.79 Å². The first-order valence-electron chi connectivity index (χ1n) is 7.82. The van der Waals surface area contributed by atoms with Gasteiger partial charge in [0.15, 0.2) is 0 Å². The lowest BCUT2D eigenvalue weighted by molar-refractivity contribution is -0.128. The van der Waals surface area contributed by atoms with Crippen LogP contribution < -0.4 is 11.1 Å². The predicted octanol–water partition coefficient (Wildman–Crippen LogP) is 1.56. The van der Waals surface area contributed by atoms with E-state index in [-0.39, 0.29) is 30.0 Å². The van der Waals surface area contributed by atoms with Gasteiger partial charge in [-0.05, 0) is 38.0 Å². The van der Waals surface area contributed by atoms with Gasteiger partial charge < -0.3 is 16.2 Å². The first-order valence-corrected chi connectivity index (χ1v) is 7.82. The zero-order valence-electron chi connectivity index (χ0n) is 12.0. The highest BCUT2D eigenvalue weighted by Gasteiger charge is 2.31. The minimum atomic E-state index is -0.362. The Balaban J connectivity index is 1.84. The second kappa shape index (κ2) is 6.71. The highest BCUT2D eigenvalue weighted by atomic mass is 16.3. The topological polar surface area (TPSA) is 75.3 Å². The first kappa shape index (κ1) is 14.8. The second-order valence-corrected chi connectivity index (χ2v) is 6.44. The molecule has 0 aromatic heterocycles. The molecule has 2 rings (SSSR count). The van der Waals surface area contributed by atoms with E-state index in [1.807, 2.05) is 6.92 Å². The second-order valence-electron chi connectivity index (χ2n) is 6.44. The van der Waals surface area contributed by atoms with Crippen molar-refractivity contribution in [3.05, 3.63) is 0 Å². The van der Waals surface area contributed by atoms with Crippen LogP contribution in [0.2, 0.25) is 0 Å². The number of hydrogen-bond donors (Lipinski definition) is 3. The van der Waals surface area contributed by atoms with Crippen LogP contribution in [0.4, 0.5) is 0 Å². The van der Waals surface area contributed by atoms with Gasteiger partial charge in [-0.1, -0.05) is 26.2 Å². The molecule has 0 aromatic carbocycles. The fourth-order valence-electron chi connectivity index (χ4n) is 3.53. The summed E-state index contributed by atoms with van der Waals surface area (Å²) in [5.41, 5.74) is 6.00. The zero-order chi connectivity index (χ0) is 13.8. The highest BCUT2D eigenvalue weighted by Crippen LogP contribution is 2.30. The lowest BCUT2D eigenvalue weighted by Gasteiger charge is -2.33. The Morgan fingerprint density at radius 1 is 1.21 bits per heavy atom. The van der Waals surface area contributed by atoms with Crippen molar-refractivity contribution in [2.24, 2.45) is 17.6 Å². The normalized spacial score (nSPS) is 37.6. The molecule has 0 spiro atoms. The van der Waals surface area contributed by atoms with E-state index in [0.717, 1.165) is 51.4 Å². The predicted molar refractivity (Wildman–Crippen MR) is 75.5 cm³/mol. The molecule has 2 aliphatic rings. The Morgan fingerprint density at radius 2 is 1.95 bits per heavy atom. The lowest BCUT2D eigenvalue weighted by Crippen LogP contribution is -2.48. The Morgan fingerprint density at radius 3 is 2.63 bits per heavy atom. The number of nitrogens with two attached hydrogens (primary N) is 1. The average Bonchev–Trinajstić information content (AvgIpc) is 2.40. The third kappa shape index (κ3) is 3.93. The van der Waals surface area contributed by atoms with Gasteiger partial charge in [-0.25, -0.2) is 0 Å². The SMILES string of the molecule is CC(C(=O)NC1CCCCC1O)C1CCCC(N)C1. The molecule has 0 aliphatic heterocycles. The van der Waals surface area contributed by atoms with Gasteiger partial charge in [0.25, 0.3) is 0 Å². The summed E-state index contributed by atoms with van der Waals surface area (Å²) in [6.45, 7) is 2.01. The van der Waals surface area contributed by atoms with Crippen molar-refractivity contribution in [2.75, 3.05) is 0 Å². The molecule has 1 amide bonds. The molecule has 0 aromatic rings. The van der Waals surface area contributed by atoms with Crippen LogP contribution in [-0.4, -0.2) is 29.2 Å². The smallest absolute Gasteiger partial charge is 0.223 e. The van der Waals surface area contributed by atoms with Gasteiger partial charge in [-0.15, -0.1) is 0 Å². The van der Waals surface area contributed by atoms with Crippen molar-refractivity contribution >= 4 is 5.91 Å². The number of nitrogens with one attached hydrogen (secondary N) is 1. The number of amides is 1. The van der Waals surface area contributed by atoms with E-state index in [1.54, 1.807) is 0 Å². The number of carbonyl (C=O) groups excluding carboxylic acids is 1. The summed E-state index contributed by atoms with van der Waals surface area (Å²) in [5, 5.41) is 13.0.